The highest BCUT2D eigenvalue weighted by atomic mass is 32.2. The van der Waals surface area contributed by atoms with E-state index < -0.39 is 10.0 Å². The van der Waals surface area contributed by atoms with Gasteiger partial charge in [0.05, 0.1) is 6.26 Å². The number of sulfonamides is 1. The third-order valence-electron chi connectivity index (χ3n) is 3.06. The van der Waals surface area contributed by atoms with E-state index in [0.29, 0.717) is 11.6 Å². The van der Waals surface area contributed by atoms with Gasteiger partial charge in [0.25, 0.3) is 0 Å². The Balaban J connectivity index is 2.29. The Labute approximate surface area is 137 Å². The van der Waals surface area contributed by atoms with Crippen molar-refractivity contribution < 1.29 is 8.42 Å². The highest BCUT2D eigenvalue weighted by molar-refractivity contribution is 7.92. The fraction of sp³-hybridized carbons (Fsp3) is 0.467. The number of unbranched alkanes of at least 4 members (excludes halogenated alkanes) is 2. The van der Waals surface area contributed by atoms with Crippen LogP contribution in [0.1, 0.15) is 24.8 Å². The summed E-state index contributed by atoms with van der Waals surface area (Å²) in [6.07, 6.45) is 6.86. The number of nitrogens with zero attached hydrogens (tertiary/aromatic N) is 2. The van der Waals surface area contributed by atoms with E-state index >= 15 is 0 Å². The normalized spacial score (nSPS) is 11.6. The summed E-state index contributed by atoms with van der Waals surface area (Å²) in [6, 6.07) is 7.44. The van der Waals surface area contributed by atoms with Crippen LogP contribution in [0.15, 0.2) is 29.3 Å². The van der Waals surface area contributed by atoms with Crippen LogP contribution in [0.3, 0.4) is 0 Å². The fourth-order valence-corrected chi connectivity index (χ4v) is 2.63. The highest BCUT2D eigenvalue weighted by Gasteiger charge is 2.02. The molecule has 8 heteroatoms. The van der Waals surface area contributed by atoms with Crippen LogP contribution in [0, 0.1) is 11.5 Å². The SMILES string of the molecule is CN=C(NC#N)NCCCCCc1cccc(NS(C)(=O)=O)c1. The monoisotopic (exact) mass is 337 g/mol. The maximum atomic E-state index is 11.2. The first kappa shape index (κ1) is 18.8. The molecule has 0 bridgehead atoms. The topological polar surface area (TPSA) is 106 Å². The van der Waals surface area contributed by atoms with E-state index in [0.717, 1.165) is 44.0 Å². The summed E-state index contributed by atoms with van der Waals surface area (Å²) in [5, 5.41) is 14.0. The van der Waals surface area contributed by atoms with Gasteiger partial charge in [0.15, 0.2) is 6.19 Å². The number of hydrogen-bond donors (Lipinski definition) is 3. The van der Waals surface area contributed by atoms with E-state index in [4.69, 9.17) is 5.26 Å². The Kier molecular flexibility index (Phi) is 7.91. The Bertz CT molecular complexity index is 665. The molecule has 0 amide bonds. The Morgan fingerprint density at radius 1 is 1.30 bits per heavy atom. The lowest BCUT2D eigenvalue weighted by Crippen LogP contribution is -2.34. The second-order valence-electron chi connectivity index (χ2n) is 5.12. The molecule has 0 atom stereocenters. The summed E-state index contributed by atoms with van der Waals surface area (Å²) in [7, 11) is -1.63. The predicted molar refractivity (Wildman–Crippen MR) is 92.6 cm³/mol. The number of nitriles is 1. The van der Waals surface area contributed by atoms with Crippen LogP contribution in [0.5, 0.6) is 0 Å². The second kappa shape index (κ2) is 9.69. The maximum Gasteiger partial charge on any atom is 0.229 e. The second-order valence-corrected chi connectivity index (χ2v) is 6.87. The summed E-state index contributed by atoms with van der Waals surface area (Å²) in [4.78, 5) is 3.90. The highest BCUT2D eigenvalue weighted by Crippen LogP contribution is 2.14. The quantitative estimate of drug-likeness (QED) is 0.219. The van der Waals surface area contributed by atoms with Crippen molar-refractivity contribution in [3.05, 3.63) is 29.8 Å². The van der Waals surface area contributed by atoms with Gasteiger partial charge in [0.1, 0.15) is 0 Å². The molecule has 0 saturated heterocycles. The lowest BCUT2D eigenvalue weighted by Gasteiger charge is -2.08. The van der Waals surface area contributed by atoms with Crippen molar-refractivity contribution >= 4 is 21.7 Å². The number of anilines is 1. The molecule has 0 aliphatic heterocycles. The first-order chi connectivity index (χ1) is 10.9. The largest absolute Gasteiger partial charge is 0.356 e. The van der Waals surface area contributed by atoms with Crippen LogP contribution < -0.4 is 15.4 Å². The van der Waals surface area contributed by atoms with E-state index in [2.05, 4.69) is 20.3 Å². The van der Waals surface area contributed by atoms with Crippen LogP contribution >= 0.6 is 0 Å². The fourth-order valence-electron chi connectivity index (χ4n) is 2.07. The van der Waals surface area contributed by atoms with Crippen LogP contribution in [-0.2, 0) is 16.4 Å². The molecular weight excluding hydrogens is 314 g/mol. The zero-order valence-electron chi connectivity index (χ0n) is 13.5. The van der Waals surface area contributed by atoms with Crippen molar-refractivity contribution in [3.63, 3.8) is 0 Å². The van der Waals surface area contributed by atoms with Crippen molar-refractivity contribution in [2.45, 2.75) is 25.7 Å². The molecule has 0 aliphatic carbocycles. The Morgan fingerprint density at radius 3 is 2.74 bits per heavy atom. The predicted octanol–water partition coefficient (Wildman–Crippen LogP) is 1.42. The maximum absolute atomic E-state index is 11.2. The number of benzene rings is 1. The number of rotatable bonds is 8. The van der Waals surface area contributed by atoms with Gasteiger partial charge in [-0.25, -0.2) is 8.42 Å². The number of nitrogens with one attached hydrogen (secondary N) is 3. The third-order valence-corrected chi connectivity index (χ3v) is 3.67. The van der Waals surface area contributed by atoms with Crippen molar-refractivity contribution in [2.75, 3.05) is 24.6 Å². The van der Waals surface area contributed by atoms with Crippen LogP contribution in [-0.4, -0.2) is 34.2 Å². The zero-order chi connectivity index (χ0) is 17.1. The van der Waals surface area contributed by atoms with E-state index in [-0.39, 0.29) is 0 Å². The summed E-state index contributed by atoms with van der Waals surface area (Å²) in [6.45, 7) is 0.747. The number of guanidine groups is 1. The average Bonchev–Trinajstić information content (AvgIpc) is 2.48. The molecule has 1 aromatic rings. The van der Waals surface area contributed by atoms with E-state index in [9.17, 15) is 8.42 Å². The Morgan fingerprint density at radius 2 is 2.09 bits per heavy atom. The molecule has 0 unspecified atom stereocenters. The molecule has 1 aromatic carbocycles. The van der Waals surface area contributed by atoms with Crippen LogP contribution in [0.4, 0.5) is 5.69 Å². The van der Waals surface area contributed by atoms with Crippen molar-refractivity contribution in [3.8, 4) is 6.19 Å². The molecule has 126 valence electrons. The van der Waals surface area contributed by atoms with Gasteiger partial charge < -0.3 is 5.32 Å². The van der Waals surface area contributed by atoms with Gasteiger partial charge in [-0.3, -0.25) is 15.0 Å². The summed E-state index contributed by atoms with van der Waals surface area (Å²) < 4.78 is 24.9. The minimum absolute atomic E-state index is 0.479. The summed E-state index contributed by atoms with van der Waals surface area (Å²) >= 11 is 0. The molecule has 0 aliphatic rings. The van der Waals surface area contributed by atoms with Crippen molar-refractivity contribution in [1.29, 1.82) is 5.26 Å². The van der Waals surface area contributed by atoms with Crippen LogP contribution in [0.25, 0.3) is 0 Å². The van der Waals surface area contributed by atoms with Crippen molar-refractivity contribution in [1.82, 2.24) is 10.6 Å². The van der Waals surface area contributed by atoms with Gasteiger partial charge in [0, 0.05) is 19.3 Å². The average molecular weight is 337 g/mol. The van der Waals surface area contributed by atoms with Crippen molar-refractivity contribution in [2.24, 2.45) is 4.99 Å². The van der Waals surface area contributed by atoms with E-state index in [1.807, 2.05) is 24.4 Å². The minimum atomic E-state index is -3.24. The molecule has 0 spiro atoms. The molecule has 0 heterocycles. The van der Waals surface area contributed by atoms with Gasteiger partial charge in [-0.15, -0.1) is 0 Å². The molecule has 7 nitrogen and oxygen atoms in total. The van der Waals surface area contributed by atoms with Gasteiger partial charge in [-0.1, -0.05) is 18.6 Å². The first-order valence-corrected chi connectivity index (χ1v) is 9.26. The zero-order valence-corrected chi connectivity index (χ0v) is 14.3. The lowest BCUT2D eigenvalue weighted by molar-refractivity contribution is 0.607. The van der Waals surface area contributed by atoms with Gasteiger partial charge in [0.2, 0.25) is 16.0 Å². The van der Waals surface area contributed by atoms with Crippen LogP contribution in [0.2, 0.25) is 0 Å². The molecular formula is C15H23N5O2S. The summed E-state index contributed by atoms with van der Waals surface area (Å²) in [5.74, 6) is 0.479. The van der Waals surface area contributed by atoms with Gasteiger partial charge >= 0.3 is 0 Å². The van der Waals surface area contributed by atoms with Gasteiger partial charge in [-0.05, 0) is 37.0 Å². The van der Waals surface area contributed by atoms with E-state index in [1.54, 1.807) is 13.1 Å². The number of aryl methyl sites for hydroxylation is 1. The third kappa shape index (κ3) is 8.68. The number of aliphatic imine (C=N–C) groups is 1. The first-order valence-electron chi connectivity index (χ1n) is 7.37. The van der Waals surface area contributed by atoms with E-state index in [1.165, 1.54) is 0 Å². The molecule has 1 rings (SSSR count). The standard InChI is InChI=1S/C15H23N5O2S/c1-17-15(19-12-16)18-10-5-3-4-7-13-8-6-9-14(11-13)20-23(2,21)22/h6,8-9,11,20H,3-5,7,10H2,1-2H3,(H2,17,18,19). The lowest BCUT2D eigenvalue weighted by atomic mass is 10.1. The number of hydrogen-bond acceptors (Lipinski definition) is 4. The molecule has 0 radical (unpaired) electrons. The minimum Gasteiger partial charge on any atom is -0.356 e. The molecule has 23 heavy (non-hydrogen) atoms. The summed E-state index contributed by atoms with van der Waals surface area (Å²) in [5.41, 5.74) is 1.70. The molecule has 0 aromatic heterocycles. The molecule has 0 fully saturated rings. The van der Waals surface area contributed by atoms with Gasteiger partial charge in [-0.2, -0.15) is 5.26 Å². The molecule has 3 N–H and O–H groups in total. The Hall–Kier alpha value is -2.27. The molecule has 0 saturated carbocycles. The smallest absolute Gasteiger partial charge is 0.229 e.